The molecule has 0 saturated carbocycles. The number of hydrogen-bond acceptors (Lipinski definition) is 2. The second-order valence-electron chi connectivity index (χ2n) is 4.61. The van der Waals surface area contributed by atoms with E-state index in [1.165, 1.54) is 0 Å². The van der Waals surface area contributed by atoms with E-state index in [0.717, 1.165) is 0 Å². The average Bonchev–Trinajstić information content (AvgIpc) is 2.27. The number of carbonyl (C=O) groups excluding carboxylic acids is 2. The molecule has 0 saturated heterocycles. The van der Waals surface area contributed by atoms with E-state index >= 15 is 0 Å². The van der Waals surface area contributed by atoms with Crippen LogP contribution in [-0.2, 0) is 4.79 Å². The van der Waals surface area contributed by atoms with Crippen LogP contribution in [0.15, 0.2) is 24.3 Å². The molecule has 0 fully saturated rings. The number of rotatable bonds is 5. The zero-order valence-electron chi connectivity index (χ0n) is 10.4. The highest BCUT2D eigenvalue weighted by molar-refractivity contribution is 6.13. The van der Waals surface area contributed by atoms with Crippen LogP contribution in [0.5, 0.6) is 0 Å². The molecule has 3 heteroatoms. The number of aryl methyl sites for hydroxylation is 1. The van der Waals surface area contributed by atoms with Gasteiger partial charge in [-0.1, -0.05) is 38.1 Å². The van der Waals surface area contributed by atoms with Crippen molar-refractivity contribution in [3.8, 4) is 0 Å². The predicted octanol–water partition coefficient (Wildman–Crippen LogP) is 3.13. The molecule has 0 N–H and O–H groups in total. The highest BCUT2D eigenvalue weighted by atomic mass is 19.1. The second kappa shape index (κ2) is 5.71. The third-order valence-corrected chi connectivity index (χ3v) is 2.53. The third kappa shape index (κ3) is 3.48. The van der Waals surface area contributed by atoms with Crippen molar-refractivity contribution < 1.29 is 14.0 Å². The summed E-state index contributed by atoms with van der Waals surface area (Å²) in [5.41, 5.74) is 0.981. The van der Waals surface area contributed by atoms with Gasteiger partial charge in [-0.05, 0) is 18.4 Å². The molecule has 1 atom stereocenters. The molecule has 1 aromatic carbocycles. The van der Waals surface area contributed by atoms with Crippen LogP contribution in [0, 0.1) is 12.8 Å². The van der Waals surface area contributed by atoms with Gasteiger partial charge in [-0.3, -0.25) is 9.59 Å². The lowest BCUT2D eigenvalue weighted by Gasteiger charge is -2.10. The van der Waals surface area contributed by atoms with Crippen molar-refractivity contribution in [2.24, 2.45) is 5.92 Å². The summed E-state index contributed by atoms with van der Waals surface area (Å²) in [7, 11) is 0. The van der Waals surface area contributed by atoms with Crippen molar-refractivity contribution in [1.82, 2.24) is 0 Å². The first-order chi connectivity index (χ1) is 7.93. The number of hydrogen-bond donors (Lipinski definition) is 0. The van der Waals surface area contributed by atoms with Crippen LogP contribution in [-0.4, -0.2) is 17.7 Å². The van der Waals surface area contributed by atoms with Gasteiger partial charge in [-0.15, -0.1) is 0 Å². The smallest absolute Gasteiger partial charge is 0.220 e. The lowest BCUT2D eigenvalue weighted by Crippen LogP contribution is -2.27. The van der Waals surface area contributed by atoms with Gasteiger partial charge in [-0.25, -0.2) is 4.39 Å². The molecule has 1 rings (SSSR count). The Morgan fingerprint density at radius 1 is 1.24 bits per heavy atom. The van der Waals surface area contributed by atoms with Crippen molar-refractivity contribution in [2.45, 2.75) is 33.4 Å². The Bertz CT molecular complexity index is 424. The van der Waals surface area contributed by atoms with Crippen LogP contribution in [0.2, 0.25) is 0 Å². The minimum absolute atomic E-state index is 0.0606. The van der Waals surface area contributed by atoms with Crippen molar-refractivity contribution in [3.05, 3.63) is 35.4 Å². The molecule has 0 aliphatic carbocycles. The van der Waals surface area contributed by atoms with E-state index in [9.17, 15) is 14.0 Å². The molecule has 0 heterocycles. The van der Waals surface area contributed by atoms with Crippen LogP contribution < -0.4 is 0 Å². The Morgan fingerprint density at radius 3 is 2.35 bits per heavy atom. The van der Waals surface area contributed by atoms with E-state index in [4.69, 9.17) is 0 Å². The maximum atomic E-state index is 13.7. The zero-order valence-corrected chi connectivity index (χ0v) is 10.4. The molecule has 2 nitrogen and oxygen atoms in total. The van der Waals surface area contributed by atoms with Gasteiger partial charge in [-0.2, -0.15) is 0 Å². The summed E-state index contributed by atoms with van der Waals surface area (Å²) in [5, 5.41) is 0. The molecule has 92 valence electrons. The fraction of sp³-hybridized carbons (Fsp3) is 0.429. The van der Waals surface area contributed by atoms with Crippen LogP contribution in [0.3, 0.4) is 0 Å². The van der Waals surface area contributed by atoms with Gasteiger partial charge < -0.3 is 0 Å². The third-order valence-electron chi connectivity index (χ3n) is 2.53. The first-order valence-electron chi connectivity index (χ1n) is 5.70. The quantitative estimate of drug-likeness (QED) is 0.581. The van der Waals surface area contributed by atoms with Crippen molar-refractivity contribution >= 4 is 11.6 Å². The lowest BCUT2D eigenvalue weighted by atomic mass is 9.96. The van der Waals surface area contributed by atoms with E-state index in [-0.39, 0.29) is 17.9 Å². The molecule has 0 aliphatic rings. The largest absolute Gasteiger partial charge is 0.296 e. The van der Waals surface area contributed by atoms with Crippen molar-refractivity contribution in [1.29, 1.82) is 0 Å². The minimum Gasteiger partial charge on any atom is -0.296 e. The Balaban J connectivity index is 2.84. The van der Waals surface area contributed by atoms with Crippen molar-refractivity contribution in [2.75, 3.05) is 0 Å². The van der Waals surface area contributed by atoms with E-state index in [0.29, 0.717) is 5.56 Å². The highest BCUT2D eigenvalue weighted by Crippen LogP contribution is 2.14. The fourth-order valence-corrected chi connectivity index (χ4v) is 1.64. The maximum Gasteiger partial charge on any atom is 0.220 e. The zero-order chi connectivity index (χ0) is 13.0. The summed E-state index contributed by atoms with van der Waals surface area (Å²) >= 11 is 0. The van der Waals surface area contributed by atoms with Crippen molar-refractivity contribution in [3.63, 3.8) is 0 Å². The Kier molecular flexibility index (Phi) is 4.55. The normalized spacial score (nSPS) is 12.5. The Labute approximate surface area is 101 Å². The summed E-state index contributed by atoms with van der Waals surface area (Å²) in [6.07, 6.45) is -1.93. The molecule has 1 aromatic rings. The van der Waals surface area contributed by atoms with E-state index in [1.807, 2.05) is 13.8 Å². The maximum absolute atomic E-state index is 13.7. The molecule has 1 unspecified atom stereocenters. The summed E-state index contributed by atoms with van der Waals surface area (Å²) in [5.74, 6) is -1.30. The molecule has 0 bridgehead atoms. The van der Waals surface area contributed by atoms with Crippen LogP contribution >= 0.6 is 0 Å². The van der Waals surface area contributed by atoms with Gasteiger partial charge in [0.1, 0.15) is 0 Å². The lowest BCUT2D eigenvalue weighted by molar-refractivity contribution is -0.122. The van der Waals surface area contributed by atoms with E-state index in [1.54, 1.807) is 31.2 Å². The Morgan fingerprint density at radius 2 is 1.82 bits per heavy atom. The first-order valence-corrected chi connectivity index (χ1v) is 5.70. The van der Waals surface area contributed by atoms with E-state index < -0.39 is 17.7 Å². The van der Waals surface area contributed by atoms with Gasteiger partial charge in [0.2, 0.25) is 12.0 Å². The topological polar surface area (TPSA) is 34.1 Å². The molecule has 0 amide bonds. The molecular weight excluding hydrogens is 219 g/mol. The molecule has 0 radical (unpaired) electrons. The molecule has 17 heavy (non-hydrogen) atoms. The van der Waals surface area contributed by atoms with Crippen LogP contribution in [0.1, 0.15) is 36.2 Å². The second-order valence-corrected chi connectivity index (χ2v) is 4.61. The summed E-state index contributed by atoms with van der Waals surface area (Å²) < 4.78 is 13.7. The number of Topliss-reactive ketones (excluding diaryl/α,β-unsaturated/α-hetero) is 2. The average molecular weight is 236 g/mol. The van der Waals surface area contributed by atoms with Gasteiger partial charge in [0, 0.05) is 12.0 Å². The first kappa shape index (κ1) is 13.6. The number of carbonyl (C=O) groups is 2. The molecule has 0 aliphatic heterocycles. The number of ketones is 2. The SMILES string of the molecule is Cc1ccccc1C(=O)C(F)C(=O)CC(C)C. The highest BCUT2D eigenvalue weighted by Gasteiger charge is 2.27. The van der Waals surface area contributed by atoms with Gasteiger partial charge in [0.05, 0.1) is 0 Å². The number of halogens is 1. The minimum atomic E-state index is -2.03. The van der Waals surface area contributed by atoms with Crippen LogP contribution in [0.25, 0.3) is 0 Å². The van der Waals surface area contributed by atoms with Crippen LogP contribution in [0.4, 0.5) is 4.39 Å². The summed E-state index contributed by atoms with van der Waals surface area (Å²) in [4.78, 5) is 23.3. The van der Waals surface area contributed by atoms with Gasteiger partial charge in [0.15, 0.2) is 5.78 Å². The van der Waals surface area contributed by atoms with Gasteiger partial charge >= 0.3 is 0 Å². The van der Waals surface area contributed by atoms with Gasteiger partial charge in [0.25, 0.3) is 0 Å². The fourth-order valence-electron chi connectivity index (χ4n) is 1.64. The standard InChI is InChI=1S/C14H17FO2/c1-9(2)8-12(16)13(15)14(17)11-7-5-4-6-10(11)3/h4-7,9,13H,8H2,1-3H3. The predicted molar refractivity (Wildman–Crippen MR) is 64.9 cm³/mol. The molecule has 0 spiro atoms. The summed E-state index contributed by atoms with van der Waals surface area (Å²) in [6, 6.07) is 6.72. The number of alkyl halides is 1. The number of benzene rings is 1. The van der Waals surface area contributed by atoms with E-state index in [2.05, 4.69) is 0 Å². The molecule has 0 aromatic heterocycles. The molecular formula is C14H17FO2. The monoisotopic (exact) mass is 236 g/mol. The summed E-state index contributed by atoms with van der Waals surface area (Å²) in [6.45, 7) is 5.37. The Hall–Kier alpha value is -1.51.